The van der Waals surface area contributed by atoms with Crippen molar-refractivity contribution in [2.24, 2.45) is 0 Å². The number of nitrogens with zero attached hydrogens (tertiary/aromatic N) is 2. The Hall–Kier alpha value is -2.10. The molecule has 0 amide bonds. The molecule has 0 aliphatic rings. The van der Waals surface area contributed by atoms with Gasteiger partial charge in [-0.2, -0.15) is 0 Å². The summed E-state index contributed by atoms with van der Waals surface area (Å²) in [5.74, 6) is 0.489. The fourth-order valence-electron chi connectivity index (χ4n) is 1.58. The van der Waals surface area contributed by atoms with Crippen LogP contribution in [0.5, 0.6) is 5.75 Å². The lowest BCUT2D eigenvalue weighted by atomic mass is 10.2. The molecule has 2 heterocycles. The number of aryl methyl sites for hydroxylation is 1. The summed E-state index contributed by atoms with van der Waals surface area (Å²) < 4.78 is 1.70. The molecule has 0 saturated carbocycles. The Bertz CT molecular complexity index is 588. The molecule has 2 rings (SSSR count). The molecule has 1 N–H and O–H groups in total. The Labute approximate surface area is 92.8 Å². The van der Waals surface area contributed by atoms with E-state index in [1.807, 2.05) is 19.1 Å². The van der Waals surface area contributed by atoms with Crippen LogP contribution in [-0.2, 0) is 0 Å². The quantitative estimate of drug-likeness (QED) is 0.787. The zero-order valence-corrected chi connectivity index (χ0v) is 9.14. The first-order valence-corrected chi connectivity index (χ1v) is 4.94. The first-order valence-electron chi connectivity index (χ1n) is 4.94. The Morgan fingerprint density at radius 2 is 2.06 bits per heavy atom. The van der Waals surface area contributed by atoms with Crippen LogP contribution in [-0.4, -0.2) is 14.7 Å². The minimum absolute atomic E-state index is 0.229. The lowest BCUT2D eigenvalue weighted by molar-refractivity contribution is 0.459. The molecule has 82 valence electrons. The third-order valence-electron chi connectivity index (χ3n) is 2.52. The van der Waals surface area contributed by atoms with Crippen molar-refractivity contribution < 1.29 is 5.11 Å². The predicted molar refractivity (Wildman–Crippen MR) is 61.0 cm³/mol. The normalized spacial score (nSPS) is 10.4. The fraction of sp³-hybridized carbons (Fsp3) is 0.167. The molecular formula is C12H12N2O2. The average molecular weight is 216 g/mol. The lowest BCUT2D eigenvalue weighted by Crippen LogP contribution is -2.10. The Morgan fingerprint density at radius 1 is 1.31 bits per heavy atom. The van der Waals surface area contributed by atoms with Crippen molar-refractivity contribution >= 4 is 0 Å². The lowest BCUT2D eigenvalue weighted by Gasteiger charge is -2.12. The van der Waals surface area contributed by atoms with Gasteiger partial charge < -0.3 is 9.67 Å². The molecule has 0 spiro atoms. The molecule has 0 saturated heterocycles. The van der Waals surface area contributed by atoms with E-state index in [2.05, 4.69) is 4.98 Å². The van der Waals surface area contributed by atoms with E-state index in [9.17, 15) is 9.90 Å². The van der Waals surface area contributed by atoms with Crippen molar-refractivity contribution in [2.45, 2.75) is 13.8 Å². The summed E-state index contributed by atoms with van der Waals surface area (Å²) in [5.41, 5.74) is 1.10. The van der Waals surface area contributed by atoms with E-state index >= 15 is 0 Å². The molecule has 4 nitrogen and oxygen atoms in total. The number of hydrogen-bond acceptors (Lipinski definition) is 3. The number of pyridine rings is 2. The van der Waals surface area contributed by atoms with E-state index in [0.717, 1.165) is 11.4 Å². The molecule has 0 aliphatic carbocycles. The zero-order chi connectivity index (χ0) is 11.7. The van der Waals surface area contributed by atoms with Crippen LogP contribution in [0, 0.1) is 13.8 Å². The summed E-state index contributed by atoms with van der Waals surface area (Å²) in [6, 6.07) is 5.10. The van der Waals surface area contributed by atoms with Crippen molar-refractivity contribution in [2.75, 3.05) is 0 Å². The topological polar surface area (TPSA) is 55.1 Å². The van der Waals surface area contributed by atoms with Gasteiger partial charge in [-0.05, 0) is 25.5 Å². The van der Waals surface area contributed by atoms with Gasteiger partial charge in [-0.1, -0.05) is 6.07 Å². The highest BCUT2D eigenvalue weighted by atomic mass is 16.3. The smallest absolute Gasteiger partial charge is 0.223 e. The average Bonchev–Trinajstić information content (AvgIpc) is 2.28. The number of hydrogen-bond donors (Lipinski definition) is 1. The summed E-state index contributed by atoms with van der Waals surface area (Å²) in [4.78, 5) is 15.5. The van der Waals surface area contributed by atoms with Gasteiger partial charge in [0.05, 0.1) is 5.69 Å². The van der Waals surface area contributed by atoms with Crippen LogP contribution in [0.1, 0.15) is 11.3 Å². The fourth-order valence-corrected chi connectivity index (χ4v) is 1.58. The van der Waals surface area contributed by atoms with Crippen LogP contribution in [0.15, 0.2) is 35.4 Å². The third kappa shape index (κ3) is 1.58. The zero-order valence-electron chi connectivity index (χ0n) is 9.14. The summed E-state index contributed by atoms with van der Waals surface area (Å²) in [6.45, 7) is 3.61. The molecule has 4 heteroatoms. The van der Waals surface area contributed by atoms with Gasteiger partial charge in [0.2, 0.25) is 5.43 Å². The van der Waals surface area contributed by atoms with E-state index in [0.29, 0.717) is 5.69 Å². The van der Waals surface area contributed by atoms with Crippen molar-refractivity contribution in [1.82, 2.24) is 9.55 Å². The van der Waals surface area contributed by atoms with Crippen LogP contribution in [0.3, 0.4) is 0 Å². The number of rotatable bonds is 1. The summed E-state index contributed by atoms with van der Waals surface area (Å²) in [6.07, 6.45) is 3.30. The highest BCUT2D eigenvalue weighted by Gasteiger charge is 2.08. The maximum atomic E-state index is 11.2. The number of aromatic nitrogens is 2. The second-order valence-corrected chi connectivity index (χ2v) is 3.63. The Morgan fingerprint density at radius 3 is 2.75 bits per heavy atom. The van der Waals surface area contributed by atoms with Crippen molar-refractivity contribution in [3.63, 3.8) is 0 Å². The molecule has 0 aliphatic heterocycles. The molecule has 0 bridgehead atoms. The van der Waals surface area contributed by atoms with Crippen LogP contribution < -0.4 is 5.43 Å². The molecule has 2 aromatic heterocycles. The maximum Gasteiger partial charge on any atom is 0.223 e. The SMILES string of the molecule is Cc1cccnc1-n1ccc(=O)c(O)c1C. The minimum Gasteiger partial charge on any atom is -0.503 e. The molecular weight excluding hydrogens is 204 g/mol. The summed E-state index contributed by atoms with van der Waals surface area (Å²) in [7, 11) is 0. The van der Waals surface area contributed by atoms with Crippen LogP contribution in [0.2, 0.25) is 0 Å². The Kier molecular flexibility index (Phi) is 2.48. The van der Waals surface area contributed by atoms with Gasteiger partial charge in [-0.15, -0.1) is 0 Å². The monoisotopic (exact) mass is 216 g/mol. The molecule has 0 atom stereocenters. The number of aromatic hydroxyl groups is 1. The summed E-state index contributed by atoms with van der Waals surface area (Å²) in [5, 5.41) is 9.58. The first-order chi connectivity index (χ1) is 7.61. The van der Waals surface area contributed by atoms with Crippen LogP contribution in [0.25, 0.3) is 5.82 Å². The maximum absolute atomic E-state index is 11.2. The van der Waals surface area contributed by atoms with Gasteiger partial charge in [0.15, 0.2) is 5.75 Å². The Balaban J connectivity index is 2.71. The highest BCUT2D eigenvalue weighted by molar-refractivity contribution is 5.38. The van der Waals surface area contributed by atoms with Gasteiger partial charge in [0.25, 0.3) is 0 Å². The largest absolute Gasteiger partial charge is 0.503 e. The van der Waals surface area contributed by atoms with E-state index in [1.165, 1.54) is 6.07 Å². The van der Waals surface area contributed by atoms with Gasteiger partial charge in [0.1, 0.15) is 5.82 Å². The second-order valence-electron chi connectivity index (χ2n) is 3.63. The van der Waals surface area contributed by atoms with E-state index < -0.39 is 0 Å². The molecule has 0 radical (unpaired) electrons. The standard InChI is InChI=1S/C12H12N2O2/c1-8-4-3-6-13-12(8)14-7-5-10(15)11(16)9(14)2/h3-7,16H,1-2H3. The molecule has 0 aromatic carbocycles. The van der Waals surface area contributed by atoms with E-state index in [-0.39, 0.29) is 11.2 Å². The van der Waals surface area contributed by atoms with Crippen molar-refractivity contribution in [3.05, 3.63) is 52.1 Å². The van der Waals surface area contributed by atoms with Gasteiger partial charge in [0, 0.05) is 18.5 Å². The van der Waals surface area contributed by atoms with Crippen LogP contribution >= 0.6 is 0 Å². The molecule has 16 heavy (non-hydrogen) atoms. The van der Waals surface area contributed by atoms with Crippen LogP contribution in [0.4, 0.5) is 0 Å². The van der Waals surface area contributed by atoms with E-state index in [1.54, 1.807) is 23.9 Å². The third-order valence-corrected chi connectivity index (χ3v) is 2.52. The molecule has 0 unspecified atom stereocenters. The summed E-state index contributed by atoms with van der Waals surface area (Å²) >= 11 is 0. The van der Waals surface area contributed by atoms with Crippen molar-refractivity contribution in [1.29, 1.82) is 0 Å². The minimum atomic E-state index is -0.373. The van der Waals surface area contributed by atoms with Gasteiger partial charge in [-0.3, -0.25) is 4.79 Å². The highest BCUT2D eigenvalue weighted by Crippen LogP contribution is 2.16. The predicted octanol–water partition coefficient (Wildman–Crippen LogP) is 1.55. The second kappa shape index (κ2) is 3.81. The molecule has 0 fully saturated rings. The van der Waals surface area contributed by atoms with Gasteiger partial charge >= 0.3 is 0 Å². The first kappa shape index (κ1) is 10.4. The van der Waals surface area contributed by atoms with Gasteiger partial charge in [-0.25, -0.2) is 4.98 Å². The molecule has 2 aromatic rings. The van der Waals surface area contributed by atoms with E-state index in [4.69, 9.17) is 0 Å². The van der Waals surface area contributed by atoms with Crippen molar-refractivity contribution in [3.8, 4) is 11.6 Å².